The molecule has 0 unspecified atom stereocenters. The van der Waals surface area contributed by atoms with Crippen molar-refractivity contribution in [3.05, 3.63) is 23.8 Å². The fraction of sp³-hybridized carbons (Fsp3) is 0.667. The van der Waals surface area contributed by atoms with E-state index in [0.717, 1.165) is 24.6 Å². The van der Waals surface area contributed by atoms with Crippen LogP contribution in [0.1, 0.15) is 47.1 Å². The monoisotopic (exact) mass is 293 g/mol. The van der Waals surface area contributed by atoms with Crippen LogP contribution in [0.15, 0.2) is 18.2 Å². The second-order valence-corrected chi connectivity index (χ2v) is 7.35. The summed E-state index contributed by atoms with van der Waals surface area (Å²) in [6.45, 7) is 15.8. The average Bonchev–Trinajstić information content (AvgIpc) is 2.42. The van der Waals surface area contributed by atoms with E-state index in [4.69, 9.17) is 9.47 Å². The van der Waals surface area contributed by atoms with Gasteiger partial charge in [-0.15, -0.1) is 0 Å². The molecule has 0 fully saturated rings. The zero-order chi connectivity index (χ0) is 16.1. The molecule has 3 nitrogen and oxygen atoms in total. The maximum Gasteiger partial charge on any atom is 0.123 e. The van der Waals surface area contributed by atoms with Gasteiger partial charge in [0.05, 0.1) is 13.7 Å². The molecule has 0 aliphatic carbocycles. The van der Waals surface area contributed by atoms with Gasteiger partial charge in [0.15, 0.2) is 0 Å². The largest absolute Gasteiger partial charge is 0.497 e. The molecule has 0 heterocycles. The Morgan fingerprint density at radius 1 is 1.10 bits per heavy atom. The molecule has 1 aromatic carbocycles. The summed E-state index contributed by atoms with van der Waals surface area (Å²) in [4.78, 5) is 0. The number of methoxy groups -OCH3 is 1. The molecule has 0 aliphatic rings. The van der Waals surface area contributed by atoms with Gasteiger partial charge in [-0.1, -0.05) is 41.5 Å². The molecule has 0 saturated heterocycles. The third-order valence-corrected chi connectivity index (χ3v) is 3.47. The molecule has 1 N–H and O–H groups in total. The van der Waals surface area contributed by atoms with Crippen LogP contribution < -0.4 is 14.8 Å². The van der Waals surface area contributed by atoms with Crippen molar-refractivity contribution >= 4 is 0 Å². The van der Waals surface area contributed by atoms with E-state index in [9.17, 15) is 0 Å². The molecule has 0 atom stereocenters. The Kier molecular flexibility index (Phi) is 6.09. The van der Waals surface area contributed by atoms with Gasteiger partial charge in [0.25, 0.3) is 0 Å². The summed E-state index contributed by atoms with van der Waals surface area (Å²) in [6, 6.07) is 6.05. The van der Waals surface area contributed by atoms with Gasteiger partial charge in [0.1, 0.15) is 11.5 Å². The summed E-state index contributed by atoms with van der Waals surface area (Å²) < 4.78 is 11.5. The molecule has 0 radical (unpaired) electrons. The summed E-state index contributed by atoms with van der Waals surface area (Å²) in [5, 5.41) is 3.39. The fourth-order valence-electron chi connectivity index (χ4n) is 2.14. The van der Waals surface area contributed by atoms with Gasteiger partial charge >= 0.3 is 0 Å². The quantitative estimate of drug-likeness (QED) is 0.824. The van der Waals surface area contributed by atoms with Crippen molar-refractivity contribution in [2.75, 3.05) is 26.8 Å². The maximum atomic E-state index is 6.13. The number of rotatable bonds is 7. The summed E-state index contributed by atoms with van der Waals surface area (Å²) in [5.41, 5.74) is 1.31. The molecule has 21 heavy (non-hydrogen) atoms. The van der Waals surface area contributed by atoms with Crippen LogP contribution in [0.4, 0.5) is 0 Å². The van der Waals surface area contributed by atoms with Gasteiger partial charge in [-0.2, -0.15) is 0 Å². The third-order valence-electron chi connectivity index (χ3n) is 3.47. The van der Waals surface area contributed by atoms with Crippen LogP contribution >= 0.6 is 0 Å². The maximum absolute atomic E-state index is 6.13. The first-order chi connectivity index (χ1) is 9.69. The van der Waals surface area contributed by atoms with Crippen molar-refractivity contribution in [2.24, 2.45) is 5.41 Å². The summed E-state index contributed by atoms with van der Waals surface area (Å²) >= 11 is 0. The molecule has 1 rings (SSSR count). The molecule has 0 aliphatic heterocycles. The van der Waals surface area contributed by atoms with Crippen LogP contribution in [0.25, 0.3) is 0 Å². The second-order valence-electron chi connectivity index (χ2n) is 7.35. The van der Waals surface area contributed by atoms with Crippen molar-refractivity contribution in [3.63, 3.8) is 0 Å². The highest BCUT2D eigenvalue weighted by atomic mass is 16.5. The highest BCUT2D eigenvalue weighted by molar-refractivity contribution is 5.44. The SMILES string of the molecule is CCNCC(C)(C)COc1ccc(OC)cc1C(C)(C)C. The smallest absolute Gasteiger partial charge is 0.123 e. The third kappa shape index (κ3) is 5.58. The van der Waals surface area contributed by atoms with E-state index in [-0.39, 0.29) is 10.8 Å². The number of hydrogen-bond acceptors (Lipinski definition) is 3. The standard InChI is InChI=1S/C18H31NO2/c1-8-19-12-18(5,6)13-21-16-10-9-14(20-7)11-15(16)17(2,3)4/h9-11,19H,8,12-13H2,1-7H3. The molecule has 1 aromatic rings. The number of nitrogens with one attached hydrogen (secondary N) is 1. The van der Waals surface area contributed by atoms with Gasteiger partial charge in [-0.05, 0) is 30.2 Å². The predicted octanol–water partition coefficient (Wildman–Crippen LogP) is 4.01. The van der Waals surface area contributed by atoms with Crippen molar-refractivity contribution in [1.29, 1.82) is 0 Å². The van der Waals surface area contributed by atoms with E-state index in [1.54, 1.807) is 7.11 Å². The van der Waals surface area contributed by atoms with Gasteiger partial charge < -0.3 is 14.8 Å². The Bertz CT molecular complexity index is 447. The average molecular weight is 293 g/mol. The van der Waals surface area contributed by atoms with Crippen LogP contribution in [0, 0.1) is 5.41 Å². The van der Waals surface area contributed by atoms with Crippen molar-refractivity contribution < 1.29 is 9.47 Å². The van der Waals surface area contributed by atoms with Gasteiger partial charge in [0.2, 0.25) is 0 Å². The van der Waals surface area contributed by atoms with E-state index in [1.807, 2.05) is 12.1 Å². The van der Waals surface area contributed by atoms with E-state index in [0.29, 0.717) is 6.61 Å². The zero-order valence-electron chi connectivity index (χ0n) is 14.7. The van der Waals surface area contributed by atoms with Crippen LogP contribution in [0.2, 0.25) is 0 Å². The minimum atomic E-state index is 0.0235. The van der Waals surface area contributed by atoms with Crippen molar-refractivity contribution in [3.8, 4) is 11.5 Å². The number of benzene rings is 1. The molecule has 0 amide bonds. The number of ether oxygens (including phenoxy) is 2. The molecular formula is C18H31NO2. The Morgan fingerprint density at radius 2 is 1.76 bits per heavy atom. The molecule has 0 bridgehead atoms. The Balaban J connectivity index is 2.88. The Morgan fingerprint density at radius 3 is 2.29 bits per heavy atom. The Labute approximate surface area is 130 Å². The lowest BCUT2D eigenvalue weighted by molar-refractivity contribution is 0.174. The molecule has 0 spiro atoms. The van der Waals surface area contributed by atoms with Crippen molar-refractivity contribution in [1.82, 2.24) is 5.32 Å². The highest BCUT2D eigenvalue weighted by Crippen LogP contribution is 2.35. The van der Waals surface area contributed by atoms with Gasteiger partial charge in [0, 0.05) is 17.5 Å². The first-order valence-electron chi connectivity index (χ1n) is 7.71. The first-order valence-corrected chi connectivity index (χ1v) is 7.71. The highest BCUT2D eigenvalue weighted by Gasteiger charge is 2.23. The van der Waals surface area contributed by atoms with Gasteiger partial charge in [-0.25, -0.2) is 0 Å². The lowest BCUT2D eigenvalue weighted by Crippen LogP contribution is -2.34. The van der Waals surface area contributed by atoms with Crippen LogP contribution in [0.3, 0.4) is 0 Å². The Hall–Kier alpha value is -1.22. The first kappa shape index (κ1) is 17.8. The minimum absolute atomic E-state index is 0.0235. The molecule has 0 aromatic heterocycles. The summed E-state index contributed by atoms with van der Waals surface area (Å²) in [5.74, 6) is 1.83. The van der Waals surface area contributed by atoms with Crippen molar-refractivity contribution in [2.45, 2.75) is 47.0 Å². The fourth-order valence-corrected chi connectivity index (χ4v) is 2.14. The van der Waals surface area contributed by atoms with Crippen LogP contribution in [-0.2, 0) is 5.41 Å². The van der Waals surface area contributed by atoms with E-state index in [1.165, 1.54) is 5.56 Å². The minimum Gasteiger partial charge on any atom is -0.497 e. The molecule has 120 valence electrons. The van der Waals surface area contributed by atoms with E-state index >= 15 is 0 Å². The number of hydrogen-bond donors (Lipinski definition) is 1. The van der Waals surface area contributed by atoms with E-state index in [2.05, 4.69) is 52.9 Å². The summed E-state index contributed by atoms with van der Waals surface area (Å²) in [6.07, 6.45) is 0. The zero-order valence-corrected chi connectivity index (χ0v) is 14.7. The normalized spacial score (nSPS) is 12.3. The lowest BCUT2D eigenvalue weighted by Gasteiger charge is -2.28. The van der Waals surface area contributed by atoms with E-state index < -0.39 is 0 Å². The summed E-state index contributed by atoms with van der Waals surface area (Å²) in [7, 11) is 1.70. The predicted molar refractivity (Wildman–Crippen MR) is 89.5 cm³/mol. The second kappa shape index (κ2) is 7.17. The van der Waals surface area contributed by atoms with Crippen LogP contribution in [0.5, 0.6) is 11.5 Å². The topological polar surface area (TPSA) is 30.5 Å². The molecule has 0 saturated carbocycles. The molecule has 3 heteroatoms. The molecular weight excluding hydrogens is 262 g/mol. The lowest BCUT2D eigenvalue weighted by atomic mass is 9.86. The van der Waals surface area contributed by atoms with Crippen LogP contribution in [-0.4, -0.2) is 26.8 Å². The van der Waals surface area contributed by atoms with Gasteiger partial charge in [-0.3, -0.25) is 0 Å².